The van der Waals surface area contributed by atoms with Gasteiger partial charge in [0.15, 0.2) is 0 Å². The van der Waals surface area contributed by atoms with Crippen molar-refractivity contribution in [1.29, 1.82) is 0 Å². The fraction of sp³-hybridized carbons (Fsp3) is 0.0588. The molecule has 0 saturated heterocycles. The molecule has 124 valence electrons. The SMILES string of the molecule is O=C(Cc1ccc([N+](=O)[O-])cc1)N/N=C/c1cnc2ccccc2n1. The van der Waals surface area contributed by atoms with Gasteiger partial charge in [-0.3, -0.25) is 19.9 Å². The summed E-state index contributed by atoms with van der Waals surface area (Å²) in [6, 6.07) is 13.2. The number of nitrogens with zero attached hydrogens (tertiary/aromatic N) is 4. The number of hydrogen-bond donors (Lipinski definition) is 1. The van der Waals surface area contributed by atoms with Crippen molar-refractivity contribution in [3.8, 4) is 0 Å². The Morgan fingerprint density at radius 3 is 2.60 bits per heavy atom. The molecule has 0 unspecified atom stereocenters. The van der Waals surface area contributed by atoms with E-state index in [-0.39, 0.29) is 18.0 Å². The third-order valence-electron chi connectivity index (χ3n) is 3.37. The number of aromatic nitrogens is 2. The second-order valence-electron chi connectivity index (χ2n) is 5.18. The van der Waals surface area contributed by atoms with Gasteiger partial charge < -0.3 is 0 Å². The molecule has 0 atom stereocenters. The lowest BCUT2D eigenvalue weighted by Crippen LogP contribution is -2.19. The highest BCUT2D eigenvalue weighted by Gasteiger charge is 2.06. The quantitative estimate of drug-likeness (QED) is 0.437. The number of carbonyl (C=O) groups is 1. The van der Waals surface area contributed by atoms with E-state index in [0.29, 0.717) is 11.3 Å². The molecule has 1 N–H and O–H groups in total. The number of nitro groups is 1. The number of rotatable bonds is 5. The summed E-state index contributed by atoms with van der Waals surface area (Å²) in [4.78, 5) is 30.5. The van der Waals surface area contributed by atoms with Gasteiger partial charge in [0.1, 0.15) is 5.69 Å². The van der Waals surface area contributed by atoms with Crippen LogP contribution in [0.3, 0.4) is 0 Å². The predicted octanol–water partition coefficient (Wildman–Crippen LogP) is 2.23. The molecule has 1 amide bonds. The highest BCUT2D eigenvalue weighted by molar-refractivity contribution is 5.84. The van der Waals surface area contributed by atoms with Crippen LogP contribution in [0.1, 0.15) is 11.3 Å². The second-order valence-corrected chi connectivity index (χ2v) is 5.18. The summed E-state index contributed by atoms with van der Waals surface area (Å²) in [5, 5.41) is 14.4. The van der Waals surface area contributed by atoms with Crippen LogP contribution < -0.4 is 5.43 Å². The van der Waals surface area contributed by atoms with Crippen LogP contribution in [0.5, 0.6) is 0 Å². The molecule has 0 saturated carbocycles. The fourth-order valence-corrected chi connectivity index (χ4v) is 2.16. The third kappa shape index (κ3) is 4.20. The molecule has 0 aliphatic heterocycles. The number of amides is 1. The lowest BCUT2D eigenvalue weighted by Gasteiger charge is -2.01. The number of fused-ring (bicyclic) bond motifs is 1. The van der Waals surface area contributed by atoms with Crippen LogP contribution in [-0.4, -0.2) is 27.0 Å². The van der Waals surface area contributed by atoms with Gasteiger partial charge in [-0.05, 0) is 17.7 Å². The van der Waals surface area contributed by atoms with Crippen LogP contribution in [0.15, 0.2) is 59.8 Å². The molecule has 0 fully saturated rings. The standard InChI is InChI=1S/C17H13N5O3/c23-17(9-12-5-7-14(8-6-12)22(24)25)21-19-11-13-10-18-15-3-1-2-4-16(15)20-13/h1-8,10-11H,9H2,(H,21,23)/b19-11+. The Bertz CT molecular complexity index is 954. The molecule has 0 aliphatic carbocycles. The van der Waals surface area contributed by atoms with E-state index < -0.39 is 4.92 Å². The monoisotopic (exact) mass is 335 g/mol. The Hall–Kier alpha value is -3.68. The summed E-state index contributed by atoms with van der Waals surface area (Å²) >= 11 is 0. The lowest BCUT2D eigenvalue weighted by molar-refractivity contribution is -0.384. The molecule has 0 radical (unpaired) electrons. The van der Waals surface area contributed by atoms with Gasteiger partial charge in [0.2, 0.25) is 5.91 Å². The summed E-state index contributed by atoms with van der Waals surface area (Å²) in [5.41, 5.74) is 5.08. The number of para-hydroxylation sites is 2. The van der Waals surface area contributed by atoms with Gasteiger partial charge in [-0.2, -0.15) is 5.10 Å². The maximum Gasteiger partial charge on any atom is 0.269 e. The Labute approximate surface area is 142 Å². The molecule has 8 nitrogen and oxygen atoms in total. The Morgan fingerprint density at radius 1 is 1.16 bits per heavy atom. The number of non-ortho nitro benzene ring substituents is 1. The minimum absolute atomic E-state index is 0.0166. The zero-order valence-electron chi connectivity index (χ0n) is 13.0. The third-order valence-corrected chi connectivity index (χ3v) is 3.37. The van der Waals surface area contributed by atoms with E-state index in [1.54, 1.807) is 6.20 Å². The van der Waals surface area contributed by atoms with Crippen molar-refractivity contribution < 1.29 is 9.72 Å². The number of hydrazone groups is 1. The van der Waals surface area contributed by atoms with Gasteiger partial charge in [-0.15, -0.1) is 0 Å². The molecule has 8 heteroatoms. The van der Waals surface area contributed by atoms with E-state index >= 15 is 0 Å². The van der Waals surface area contributed by atoms with Crippen LogP contribution in [0.25, 0.3) is 11.0 Å². The maximum absolute atomic E-state index is 11.8. The highest BCUT2D eigenvalue weighted by Crippen LogP contribution is 2.12. The largest absolute Gasteiger partial charge is 0.273 e. The van der Waals surface area contributed by atoms with Crippen molar-refractivity contribution in [3.63, 3.8) is 0 Å². The summed E-state index contributed by atoms with van der Waals surface area (Å²) in [6.07, 6.45) is 3.04. The van der Waals surface area contributed by atoms with E-state index in [2.05, 4.69) is 20.5 Å². The van der Waals surface area contributed by atoms with Gasteiger partial charge in [0.05, 0.1) is 34.8 Å². The molecule has 0 aliphatic rings. The molecule has 1 aromatic heterocycles. The van der Waals surface area contributed by atoms with Gasteiger partial charge in [0, 0.05) is 12.1 Å². The minimum atomic E-state index is -0.487. The van der Waals surface area contributed by atoms with E-state index in [9.17, 15) is 14.9 Å². The van der Waals surface area contributed by atoms with Gasteiger partial charge >= 0.3 is 0 Å². The van der Waals surface area contributed by atoms with Gasteiger partial charge in [0.25, 0.3) is 5.69 Å². The molecular formula is C17H13N5O3. The zero-order chi connectivity index (χ0) is 17.6. The Kier molecular flexibility index (Phi) is 4.70. The Balaban J connectivity index is 1.59. The van der Waals surface area contributed by atoms with E-state index in [1.807, 2.05) is 24.3 Å². The minimum Gasteiger partial charge on any atom is -0.273 e. The number of nitrogens with one attached hydrogen (secondary N) is 1. The molecule has 1 heterocycles. The summed E-state index contributed by atoms with van der Waals surface area (Å²) < 4.78 is 0. The fourth-order valence-electron chi connectivity index (χ4n) is 2.16. The van der Waals surface area contributed by atoms with Crippen molar-refractivity contribution in [2.75, 3.05) is 0 Å². The second kappa shape index (κ2) is 7.26. The van der Waals surface area contributed by atoms with Crippen molar-refractivity contribution >= 4 is 28.8 Å². The number of hydrogen-bond acceptors (Lipinski definition) is 6. The first-order valence-electron chi connectivity index (χ1n) is 7.39. The predicted molar refractivity (Wildman–Crippen MR) is 92.1 cm³/mol. The van der Waals surface area contributed by atoms with Gasteiger partial charge in [-0.25, -0.2) is 10.4 Å². The molecule has 2 aromatic carbocycles. The average Bonchev–Trinajstić information content (AvgIpc) is 2.62. The van der Waals surface area contributed by atoms with E-state index in [4.69, 9.17) is 0 Å². The van der Waals surface area contributed by atoms with Crippen molar-refractivity contribution in [3.05, 3.63) is 76.1 Å². The molecule has 0 spiro atoms. The van der Waals surface area contributed by atoms with E-state index in [1.165, 1.54) is 30.5 Å². The zero-order valence-corrected chi connectivity index (χ0v) is 13.0. The smallest absolute Gasteiger partial charge is 0.269 e. The van der Waals surface area contributed by atoms with Crippen LogP contribution in [-0.2, 0) is 11.2 Å². The van der Waals surface area contributed by atoms with Crippen molar-refractivity contribution in [1.82, 2.24) is 15.4 Å². The van der Waals surface area contributed by atoms with Crippen molar-refractivity contribution in [2.45, 2.75) is 6.42 Å². The number of benzene rings is 2. The van der Waals surface area contributed by atoms with Crippen molar-refractivity contribution in [2.24, 2.45) is 5.10 Å². The van der Waals surface area contributed by atoms with Crippen LogP contribution in [0, 0.1) is 10.1 Å². The first kappa shape index (κ1) is 16.2. The topological polar surface area (TPSA) is 110 Å². The highest BCUT2D eigenvalue weighted by atomic mass is 16.6. The molecule has 3 aromatic rings. The summed E-state index contributed by atoms with van der Waals surface area (Å²) in [6.45, 7) is 0. The first-order valence-corrected chi connectivity index (χ1v) is 7.39. The first-order chi connectivity index (χ1) is 12.1. The molecule has 3 rings (SSSR count). The van der Waals surface area contributed by atoms with Crippen LogP contribution in [0.4, 0.5) is 5.69 Å². The number of carbonyl (C=O) groups excluding carboxylic acids is 1. The maximum atomic E-state index is 11.8. The number of nitro benzene ring substituents is 1. The normalized spacial score (nSPS) is 10.9. The summed E-state index contributed by atoms with van der Waals surface area (Å²) in [5.74, 6) is -0.334. The molecule has 0 bridgehead atoms. The lowest BCUT2D eigenvalue weighted by atomic mass is 10.1. The molecule has 25 heavy (non-hydrogen) atoms. The Morgan fingerprint density at radius 2 is 1.88 bits per heavy atom. The van der Waals surface area contributed by atoms with Crippen LogP contribution in [0.2, 0.25) is 0 Å². The summed E-state index contributed by atoms with van der Waals surface area (Å²) in [7, 11) is 0. The van der Waals surface area contributed by atoms with Crippen LogP contribution >= 0.6 is 0 Å². The van der Waals surface area contributed by atoms with E-state index in [0.717, 1.165) is 11.0 Å². The average molecular weight is 335 g/mol. The molecular weight excluding hydrogens is 322 g/mol. The van der Waals surface area contributed by atoms with Gasteiger partial charge in [-0.1, -0.05) is 24.3 Å².